The Morgan fingerprint density at radius 1 is 1.29 bits per heavy atom. The van der Waals surface area contributed by atoms with Crippen LogP contribution in [-0.4, -0.2) is 41.3 Å². The summed E-state index contributed by atoms with van der Waals surface area (Å²) in [5.41, 5.74) is 0.238. The van der Waals surface area contributed by atoms with Crippen LogP contribution in [0.2, 0.25) is 0 Å². The number of hydrogen-bond donors (Lipinski definition) is 3. The summed E-state index contributed by atoms with van der Waals surface area (Å²) in [6.45, 7) is 5.26. The number of benzene rings is 1. The van der Waals surface area contributed by atoms with E-state index in [1.807, 2.05) is 0 Å². The Kier molecular flexibility index (Phi) is 8.08. The van der Waals surface area contributed by atoms with Crippen LogP contribution in [0.1, 0.15) is 26.3 Å². The van der Waals surface area contributed by atoms with Crippen LogP contribution < -0.4 is 5.32 Å². The number of aliphatic hydroxyl groups is 1. The third-order valence-electron chi connectivity index (χ3n) is 2.26. The van der Waals surface area contributed by atoms with Crippen LogP contribution >= 0.6 is 0 Å². The third-order valence-corrected chi connectivity index (χ3v) is 2.26. The van der Waals surface area contributed by atoms with Crippen LogP contribution in [0.15, 0.2) is 24.3 Å². The van der Waals surface area contributed by atoms with Crippen LogP contribution in [-0.2, 0) is 16.0 Å². The van der Waals surface area contributed by atoms with Crippen molar-refractivity contribution < 1.29 is 24.5 Å². The van der Waals surface area contributed by atoms with Crippen molar-refractivity contribution in [1.82, 2.24) is 5.32 Å². The van der Waals surface area contributed by atoms with E-state index in [1.54, 1.807) is 32.9 Å². The number of aliphatic hydroxyl groups excluding tert-OH is 1. The van der Waals surface area contributed by atoms with Gasteiger partial charge in [0.25, 0.3) is 0 Å². The lowest BCUT2D eigenvalue weighted by molar-refractivity contribution is -0.109. The van der Waals surface area contributed by atoms with Crippen molar-refractivity contribution in [2.75, 3.05) is 7.11 Å². The lowest BCUT2D eigenvalue weighted by Gasteiger charge is -2.21. The van der Waals surface area contributed by atoms with E-state index in [-0.39, 0.29) is 5.75 Å². The molecule has 0 aromatic heterocycles. The smallest absolute Gasteiger partial charge is 0.408 e. The minimum Gasteiger partial charge on any atom is -0.508 e. The first-order valence-corrected chi connectivity index (χ1v) is 6.47. The van der Waals surface area contributed by atoms with Crippen LogP contribution in [0.3, 0.4) is 0 Å². The van der Waals surface area contributed by atoms with Gasteiger partial charge in [-0.3, -0.25) is 0 Å². The normalized spacial score (nSPS) is 11.7. The Hall–Kier alpha value is -2.08. The van der Waals surface area contributed by atoms with Gasteiger partial charge in [-0.15, -0.1) is 0 Å². The number of phenols is 1. The van der Waals surface area contributed by atoms with Crippen molar-refractivity contribution in [2.45, 2.75) is 38.8 Å². The summed E-state index contributed by atoms with van der Waals surface area (Å²) >= 11 is 0. The predicted octanol–water partition coefficient (Wildman–Crippen LogP) is 1.64. The maximum absolute atomic E-state index is 11.5. The lowest BCUT2D eigenvalue weighted by atomic mass is 10.1. The highest BCUT2D eigenvalue weighted by Crippen LogP contribution is 2.11. The maximum atomic E-state index is 11.5. The molecule has 0 bridgehead atoms. The Balaban J connectivity index is 0.00000191. The molecule has 0 aliphatic carbocycles. The molecular formula is C15H23NO5. The minimum atomic E-state index is -0.653. The number of nitrogens with one attached hydrogen (secondary N) is 1. The second kappa shape index (κ2) is 8.97. The zero-order valence-corrected chi connectivity index (χ0v) is 12.8. The highest BCUT2D eigenvalue weighted by Gasteiger charge is 2.19. The predicted molar refractivity (Wildman–Crippen MR) is 79.2 cm³/mol. The summed E-state index contributed by atoms with van der Waals surface area (Å²) in [5, 5.41) is 18.7. The Labute approximate surface area is 124 Å². The average molecular weight is 297 g/mol. The molecule has 3 N–H and O–H groups in total. The number of aromatic hydroxyl groups is 1. The van der Waals surface area contributed by atoms with Crippen molar-refractivity contribution in [1.29, 1.82) is 0 Å². The van der Waals surface area contributed by atoms with Gasteiger partial charge in [0.2, 0.25) is 0 Å². The van der Waals surface area contributed by atoms with Gasteiger partial charge in [-0.2, -0.15) is 0 Å². The van der Waals surface area contributed by atoms with E-state index in [4.69, 9.17) is 14.9 Å². The van der Waals surface area contributed by atoms with Gasteiger partial charge in [0, 0.05) is 7.11 Å². The number of phenolic OH excluding ortho intramolecular Hbond substituents is 1. The standard InChI is InChI=1S/C14H19NO4.CH4O/c1-14(2,3)19-13(18)15-11(9-16)8-10-4-6-12(17)7-5-10;1-2/h4-7,9,11,17H,8H2,1-3H3,(H,15,18);2H,1H3. The monoisotopic (exact) mass is 297 g/mol. The van der Waals surface area contributed by atoms with Crippen molar-refractivity contribution in [3.05, 3.63) is 29.8 Å². The number of ether oxygens (including phenoxy) is 1. The Bertz CT molecular complexity index is 436. The van der Waals surface area contributed by atoms with Gasteiger partial charge in [0.15, 0.2) is 0 Å². The van der Waals surface area contributed by atoms with Gasteiger partial charge in [-0.1, -0.05) is 12.1 Å². The molecule has 0 radical (unpaired) electrons. The number of amides is 1. The molecule has 1 atom stereocenters. The molecule has 1 unspecified atom stereocenters. The van der Waals surface area contributed by atoms with E-state index in [0.29, 0.717) is 12.7 Å². The van der Waals surface area contributed by atoms with Crippen LogP contribution in [0, 0.1) is 0 Å². The second-order valence-corrected chi connectivity index (χ2v) is 5.26. The van der Waals surface area contributed by atoms with Crippen LogP contribution in [0.5, 0.6) is 5.75 Å². The molecule has 1 amide bonds. The largest absolute Gasteiger partial charge is 0.508 e. The molecule has 0 aliphatic heterocycles. The van der Waals surface area contributed by atoms with Gasteiger partial charge in [-0.25, -0.2) is 4.79 Å². The molecule has 118 valence electrons. The summed E-state index contributed by atoms with van der Waals surface area (Å²) in [4.78, 5) is 22.5. The molecule has 0 aliphatic rings. The Morgan fingerprint density at radius 2 is 1.81 bits per heavy atom. The molecule has 21 heavy (non-hydrogen) atoms. The van der Waals surface area contributed by atoms with Crippen molar-refractivity contribution in [2.24, 2.45) is 0 Å². The third kappa shape index (κ3) is 8.65. The zero-order chi connectivity index (χ0) is 16.5. The van der Waals surface area contributed by atoms with Gasteiger partial charge in [0.05, 0.1) is 6.04 Å². The van der Waals surface area contributed by atoms with E-state index in [9.17, 15) is 9.59 Å². The van der Waals surface area contributed by atoms with Gasteiger partial charge >= 0.3 is 6.09 Å². The Morgan fingerprint density at radius 3 is 2.24 bits per heavy atom. The first-order valence-electron chi connectivity index (χ1n) is 6.47. The van der Waals surface area contributed by atoms with Gasteiger partial charge in [0.1, 0.15) is 17.6 Å². The van der Waals surface area contributed by atoms with Crippen LogP contribution in [0.25, 0.3) is 0 Å². The fraction of sp³-hybridized carbons (Fsp3) is 0.467. The number of rotatable bonds is 4. The van der Waals surface area contributed by atoms with E-state index < -0.39 is 17.7 Å². The summed E-state index contributed by atoms with van der Waals surface area (Å²) in [5.74, 6) is 0.159. The topological polar surface area (TPSA) is 95.9 Å². The second-order valence-electron chi connectivity index (χ2n) is 5.26. The molecule has 0 spiro atoms. The first kappa shape index (κ1) is 18.9. The molecule has 0 fully saturated rings. The van der Waals surface area contributed by atoms with Crippen molar-refractivity contribution >= 4 is 12.4 Å². The molecule has 1 aromatic rings. The number of hydrogen-bond acceptors (Lipinski definition) is 5. The molecular weight excluding hydrogens is 274 g/mol. The fourth-order valence-corrected chi connectivity index (χ4v) is 1.48. The molecule has 1 aromatic carbocycles. The molecule has 6 nitrogen and oxygen atoms in total. The highest BCUT2D eigenvalue weighted by atomic mass is 16.6. The number of alkyl carbamates (subject to hydrolysis) is 1. The van der Waals surface area contributed by atoms with Crippen molar-refractivity contribution in [3.63, 3.8) is 0 Å². The van der Waals surface area contributed by atoms with Crippen molar-refractivity contribution in [3.8, 4) is 5.75 Å². The first-order chi connectivity index (χ1) is 9.80. The molecule has 0 heterocycles. The fourth-order valence-electron chi connectivity index (χ4n) is 1.48. The minimum absolute atomic E-state index is 0.159. The van der Waals surface area contributed by atoms with E-state index in [2.05, 4.69) is 5.32 Å². The molecule has 0 saturated carbocycles. The zero-order valence-electron chi connectivity index (χ0n) is 12.8. The quantitative estimate of drug-likeness (QED) is 0.734. The van der Waals surface area contributed by atoms with Crippen LogP contribution in [0.4, 0.5) is 4.79 Å². The SMILES string of the molecule is CC(C)(C)OC(=O)NC(C=O)Cc1ccc(O)cc1.CO. The molecule has 0 saturated heterocycles. The highest BCUT2D eigenvalue weighted by molar-refractivity contribution is 5.73. The van der Waals surface area contributed by atoms with E-state index in [0.717, 1.165) is 12.7 Å². The lowest BCUT2D eigenvalue weighted by Crippen LogP contribution is -2.41. The summed E-state index contributed by atoms with van der Waals surface area (Å²) < 4.78 is 5.08. The number of carbonyl (C=O) groups is 2. The average Bonchev–Trinajstić information content (AvgIpc) is 2.40. The number of carbonyl (C=O) groups excluding carboxylic acids is 2. The van der Waals surface area contributed by atoms with E-state index >= 15 is 0 Å². The summed E-state index contributed by atoms with van der Waals surface area (Å²) in [6.07, 6.45) is 0.392. The summed E-state index contributed by atoms with van der Waals surface area (Å²) in [7, 11) is 1.00. The number of aldehydes is 1. The van der Waals surface area contributed by atoms with E-state index in [1.165, 1.54) is 12.1 Å². The molecule has 1 rings (SSSR count). The van der Waals surface area contributed by atoms with Gasteiger partial charge in [-0.05, 0) is 44.9 Å². The maximum Gasteiger partial charge on any atom is 0.408 e. The molecule has 6 heteroatoms. The van der Waals surface area contributed by atoms with Gasteiger partial charge < -0.3 is 25.1 Å². The summed E-state index contributed by atoms with van der Waals surface area (Å²) in [6, 6.07) is 5.81.